The van der Waals surface area contributed by atoms with Crippen LogP contribution in [-0.4, -0.2) is 17.4 Å². The van der Waals surface area contributed by atoms with Crippen molar-refractivity contribution in [1.82, 2.24) is 0 Å². The van der Waals surface area contributed by atoms with Crippen molar-refractivity contribution < 1.29 is 27.9 Å². The van der Waals surface area contributed by atoms with Crippen LogP contribution in [0.25, 0.3) is 11.1 Å². The third-order valence-corrected chi connectivity index (χ3v) is 5.19. The first-order chi connectivity index (χ1) is 15.4. The maximum Gasteiger partial charge on any atom is 0.635 e. The molecule has 4 aromatic rings. The van der Waals surface area contributed by atoms with Gasteiger partial charge in [0.1, 0.15) is 23.1 Å². The molecule has 4 rings (SSSR count). The number of hydrogen-bond acceptors (Lipinski definition) is 3. The zero-order valence-electron chi connectivity index (χ0n) is 16.8. The van der Waals surface area contributed by atoms with Crippen LogP contribution in [0.1, 0.15) is 16.7 Å². The number of halogens is 3. The fraction of sp³-hybridized carbons (Fsp3) is 0.0400. The Kier molecular flexibility index (Phi) is 6.14. The van der Waals surface area contributed by atoms with Gasteiger partial charge in [0.25, 0.3) is 0 Å². The molecule has 0 aliphatic heterocycles. The summed E-state index contributed by atoms with van der Waals surface area (Å²) in [5.41, 5.74) is -0.133. The molecule has 0 aliphatic carbocycles. The van der Waals surface area contributed by atoms with Gasteiger partial charge in [-0.25, -0.2) is 13.2 Å². The first-order valence-corrected chi connectivity index (χ1v) is 9.81. The molecule has 0 unspecified atom stereocenters. The molecule has 2 N–H and O–H groups in total. The van der Waals surface area contributed by atoms with E-state index in [0.29, 0.717) is 16.7 Å². The molecule has 0 amide bonds. The van der Waals surface area contributed by atoms with Crippen molar-refractivity contribution in [2.75, 3.05) is 0 Å². The van der Waals surface area contributed by atoms with Crippen LogP contribution >= 0.6 is 0 Å². The van der Waals surface area contributed by atoms with Crippen LogP contribution in [0.4, 0.5) is 13.2 Å². The van der Waals surface area contributed by atoms with Crippen LogP contribution in [0.2, 0.25) is 0 Å². The lowest BCUT2D eigenvalue weighted by atomic mass is 9.76. The van der Waals surface area contributed by atoms with Gasteiger partial charge in [-0.1, -0.05) is 60.7 Å². The Morgan fingerprint density at radius 2 is 1.16 bits per heavy atom. The molecule has 0 saturated carbocycles. The molecule has 0 saturated heterocycles. The lowest BCUT2D eigenvalue weighted by Crippen LogP contribution is -2.39. The molecule has 160 valence electrons. The largest absolute Gasteiger partial charge is 0.635 e. The monoisotopic (exact) mass is 434 g/mol. The van der Waals surface area contributed by atoms with E-state index in [2.05, 4.69) is 0 Å². The second-order valence-corrected chi connectivity index (χ2v) is 7.20. The lowest BCUT2D eigenvalue weighted by Gasteiger charge is -2.37. The van der Waals surface area contributed by atoms with Gasteiger partial charge in [-0.15, -0.1) is 0 Å². The molecule has 0 atom stereocenters. The predicted molar refractivity (Wildman–Crippen MR) is 116 cm³/mol. The summed E-state index contributed by atoms with van der Waals surface area (Å²) in [5, 5.41) is 19.8. The van der Waals surface area contributed by atoms with Crippen molar-refractivity contribution in [2.24, 2.45) is 0 Å². The van der Waals surface area contributed by atoms with Crippen LogP contribution in [0.15, 0.2) is 97.1 Å². The molecule has 0 heterocycles. The first kappa shape index (κ1) is 21.8. The molecule has 3 nitrogen and oxygen atoms in total. The SMILES string of the molecule is OB(O)OC(c1cccc(F)c1)(c1cccc(F)c1)c1ccccc1-c1cccc(F)c1. The second kappa shape index (κ2) is 9.00. The summed E-state index contributed by atoms with van der Waals surface area (Å²) in [4.78, 5) is 0. The maximum atomic E-state index is 14.3. The molecular weight excluding hydrogens is 416 g/mol. The Hall–Kier alpha value is -3.39. The Morgan fingerprint density at radius 1 is 0.625 bits per heavy atom. The summed E-state index contributed by atoms with van der Waals surface area (Å²) in [6, 6.07) is 23.3. The molecule has 0 aromatic heterocycles. The topological polar surface area (TPSA) is 49.7 Å². The fourth-order valence-corrected chi connectivity index (χ4v) is 3.95. The van der Waals surface area contributed by atoms with Crippen LogP contribution in [0.5, 0.6) is 0 Å². The highest BCUT2D eigenvalue weighted by Crippen LogP contribution is 2.45. The quantitative estimate of drug-likeness (QED) is 0.330. The fourth-order valence-electron chi connectivity index (χ4n) is 3.95. The Bertz CT molecular complexity index is 1200. The molecular formula is C25H18BF3O3. The minimum atomic E-state index is -2.29. The highest BCUT2D eigenvalue weighted by Gasteiger charge is 2.43. The Labute approximate surface area is 183 Å². The van der Waals surface area contributed by atoms with E-state index in [-0.39, 0.29) is 11.1 Å². The van der Waals surface area contributed by atoms with Gasteiger partial charge in [0.05, 0.1) is 0 Å². The third kappa shape index (κ3) is 4.18. The molecule has 0 spiro atoms. The highest BCUT2D eigenvalue weighted by molar-refractivity contribution is 6.33. The van der Waals surface area contributed by atoms with Gasteiger partial charge in [0.2, 0.25) is 0 Å². The van der Waals surface area contributed by atoms with Crippen molar-refractivity contribution >= 4 is 7.32 Å². The van der Waals surface area contributed by atoms with Crippen molar-refractivity contribution in [3.63, 3.8) is 0 Å². The Morgan fingerprint density at radius 3 is 1.69 bits per heavy atom. The van der Waals surface area contributed by atoms with E-state index in [9.17, 15) is 23.2 Å². The average Bonchev–Trinajstić information content (AvgIpc) is 2.77. The van der Waals surface area contributed by atoms with E-state index in [1.165, 1.54) is 54.6 Å². The second-order valence-electron chi connectivity index (χ2n) is 7.20. The molecule has 4 aromatic carbocycles. The zero-order valence-corrected chi connectivity index (χ0v) is 16.8. The van der Waals surface area contributed by atoms with Gasteiger partial charge in [-0.3, -0.25) is 0 Å². The summed E-state index contributed by atoms with van der Waals surface area (Å²) in [5.74, 6) is -1.66. The van der Waals surface area contributed by atoms with Crippen molar-refractivity contribution in [3.05, 3.63) is 131 Å². The van der Waals surface area contributed by atoms with Crippen LogP contribution in [-0.2, 0) is 10.3 Å². The van der Waals surface area contributed by atoms with Crippen LogP contribution in [0.3, 0.4) is 0 Å². The molecule has 7 heteroatoms. The van der Waals surface area contributed by atoms with Gasteiger partial charge in [0, 0.05) is 0 Å². The van der Waals surface area contributed by atoms with Gasteiger partial charge in [-0.05, 0) is 64.2 Å². The number of benzene rings is 4. The average molecular weight is 434 g/mol. The van der Waals surface area contributed by atoms with Gasteiger partial charge >= 0.3 is 7.32 Å². The summed E-state index contributed by atoms with van der Waals surface area (Å²) in [6.07, 6.45) is 0. The third-order valence-electron chi connectivity index (χ3n) is 5.19. The number of hydrogen-bond donors (Lipinski definition) is 2. The van der Waals surface area contributed by atoms with E-state index in [4.69, 9.17) is 4.65 Å². The normalized spacial score (nSPS) is 11.4. The van der Waals surface area contributed by atoms with Crippen molar-refractivity contribution in [1.29, 1.82) is 0 Å². The van der Waals surface area contributed by atoms with Crippen LogP contribution in [0, 0.1) is 17.5 Å². The molecule has 0 fully saturated rings. The summed E-state index contributed by atoms with van der Waals surface area (Å²) in [6.45, 7) is 0. The summed E-state index contributed by atoms with van der Waals surface area (Å²) < 4.78 is 48.4. The minimum absolute atomic E-state index is 0.194. The molecule has 0 radical (unpaired) electrons. The van der Waals surface area contributed by atoms with E-state index >= 15 is 0 Å². The predicted octanol–water partition coefficient (Wildman–Crippen LogP) is 5.05. The van der Waals surface area contributed by atoms with Crippen molar-refractivity contribution in [3.8, 4) is 11.1 Å². The smallest absolute Gasteiger partial charge is 0.402 e. The Balaban J connectivity index is 2.11. The lowest BCUT2D eigenvalue weighted by molar-refractivity contribution is 0.0814. The highest BCUT2D eigenvalue weighted by atomic mass is 19.1. The number of rotatable bonds is 6. The van der Waals surface area contributed by atoms with E-state index in [1.807, 2.05) is 0 Å². The summed E-state index contributed by atoms with van der Waals surface area (Å²) in [7, 11) is -2.29. The molecule has 32 heavy (non-hydrogen) atoms. The standard InChI is InChI=1S/C25H18BF3O3/c27-20-9-3-6-17(14-20)23-12-1-2-13-24(23)25(32-26(30)31,18-7-4-10-21(28)15-18)19-8-5-11-22(29)16-19/h1-16,30-31H. The maximum absolute atomic E-state index is 14.3. The van der Waals surface area contributed by atoms with Gasteiger partial charge in [-0.2, -0.15) is 0 Å². The van der Waals surface area contributed by atoms with Crippen molar-refractivity contribution in [2.45, 2.75) is 5.60 Å². The van der Waals surface area contributed by atoms with Gasteiger partial charge in [0.15, 0.2) is 0 Å². The van der Waals surface area contributed by atoms with E-state index in [1.54, 1.807) is 42.5 Å². The zero-order chi connectivity index (χ0) is 22.7. The minimum Gasteiger partial charge on any atom is -0.402 e. The van der Waals surface area contributed by atoms with Crippen LogP contribution < -0.4 is 0 Å². The first-order valence-electron chi connectivity index (χ1n) is 9.81. The molecule has 0 aliphatic rings. The molecule has 0 bridgehead atoms. The van der Waals surface area contributed by atoms with Gasteiger partial charge < -0.3 is 14.7 Å². The van der Waals surface area contributed by atoms with E-state index in [0.717, 1.165) is 0 Å². The summed E-state index contributed by atoms with van der Waals surface area (Å²) >= 11 is 0. The van der Waals surface area contributed by atoms with E-state index < -0.39 is 30.4 Å².